The van der Waals surface area contributed by atoms with Crippen LogP contribution in [0.4, 0.5) is 0 Å². The highest BCUT2D eigenvalue weighted by Gasteiger charge is 2.20. The van der Waals surface area contributed by atoms with Gasteiger partial charge in [0.25, 0.3) is 5.91 Å². The summed E-state index contributed by atoms with van der Waals surface area (Å²) in [6, 6.07) is 0. The van der Waals surface area contributed by atoms with Crippen molar-refractivity contribution in [3.05, 3.63) is 17.5 Å². The summed E-state index contributed by atoms with van der Waals surface area (Å²) in [5, 5.41) is 7.23. The second kappa shape index (κ2) is 8.14. The average Bonchev–Trinajstić information content (AvgIpc) is 2.82. The minimum Gasteiger partial charge on any atom is -0.385 e. The summed E-state index contributed by atoms with van der Waals surface area (Å²) in [6.07, 6.45) is 3.38. The minimum absolute atomic E-state index is 0.00905. The molecule has 0 saturated carbocycles. The van der Waals surface area contributed by atoms with Crippen LogP contribution in [0.2, 0.25) is 0 Å². The normalized spacial score (nSPS) is 11.7. The lowest BCUT2D eigenvalue weighted by atomic mass is 9.89. The monoisotopic (exact) mass is 296 g/mol. The Morgan fingerprint density at radius 1 is 1.52 bits per heavy atom. The van der Waals surface area contributed by atoms with Gasteiger partial charge in [0.1, 0.15) is 0 Å². The maximum Gasteiger partial charge on any atom is 0.254 e. The van der Waals surface area contributed by atoms with Gasteiger partial charge in [-0.15, -0.1) is 0 Å². The molecule has 0 spiro atoms. The summed E-state index contributed by atoms with van der Waals surface area (Å²) in [5.41, 5.74) is 7.03. The van der Waals surface area contributed by atoms with Crippen LogP contribution in [0.15, 0.2) is 6.20 Å². The van der Waals surface area contributed by atoms with Gasteiger partial charge >= 0.3 is 0 Å². The largest absolute Gasteiger partial charge is 0.385 e. The first-order valence-electron chi connectivity index (χ1n) is 7.41. The smallest absolute Gasteiger partial charge is 0.254 e. The predicted octanol–water partition coefficient (Wildman–Crippen LogP) is 1.33. The van der Waals surface area contributed by atoms with Crippen LogP contribution in [-0.2, 0) is 11.3 Å². The van der Waals surface area contributed by atoms with E-state index in [1.807, 2.05) is 11.6 Å². The third-order valence-corrected chi connectivity index (χ3v) is 3.63. The highest BCUT2D eigenvalue weighted by atomic mass is 16.5. The van der Waals surface area contributed by atoms with E-state index in [1.165, 1.54) is 0 Å². The van der Waals surface area contributed by atoms with Crippen LogP contribution >= 0.6 is 0 Å². The van der Waals surface area contributed by atoms with Crippen molar-refractivity contribution < 1.29 is 9.53 Å². The van der Waals surface area contributed by atoms with E-state index in [-0.39, 0.29) is 11.3 Å². The van der Waals surface area contributed by atoms with E-state index in [9.17, 15) is 4.79 Å². The van der Waals surface area contributed by atoms with Crippen molar-refractivity contribution in [1.82, 2.24) is 15.1 Å². The molecule has 1 aromatic heterocycles. The molecule has 6 nitrogen and oxygen atoms in total. The summed E-state index contributed by atoms with van der Waals surface area (Å²) in [4.78, 5) is 12.3. The van der Waals surface area contributed by atoms with Crippen molar-refractivity contribution >= 4 is 5.91 Å². The molecule has 1 heterocycles. The molecule has 120 valence electrons. The van der Waals surface area contributed by atoms with Crippen molar-refractivity contribution in [1.29, 1.82) is 0 Å². The van der Waals surface area contributed by atoms with Crippen LogP contribution in [0.3, 0.4) is 0 Å². The van der Waals surface area contributed by atoms with Gasteiger partial charge in [-0.05, 0) is 31.7 Å². The molecule has 0 bridgehead atoms. The number of amides is 1. The average molecular weight is 296 g/mol. The van der Waals surface area contributed by atoms with E-state index >= 15 is 0 Å². The van der Waals surface area contributed by atoms with Gasteiger partial charge in [0.05, 0.1) is 11.8 Å². The van der Waals surface area contributed by atoms with Crippen molar-refractivity contribution in [2.24, 2.45) is 11.1 Å². The summed E-state index contributed by atoms with van der Waals surface area (Å²) < 4.78 is 6.92. The number of nitrogens with one attached hydrogen (secondary N) is 1. The number of ether oxygens (including phenoxy) is 1. The Morgan fingerprint density at radius 2 is 2.24 bits per heavy atom. The number of aromatic nitrogens is 2. The summed E-state index contributed by atoms with van der Waals surface area (Å²) >= 11 is 0. The van der Waals surface area contributed by atoms with Crippen LogP contribution in [0.1, 0.15) is 42.7 Å². The van der Waals surface area contributed by atoms with Gasteiger partial charge < -0.3 is 15.8 Å². The fourth-order valence-corrected chi connectivity index (χ4v) is 2.02. The van der Waals surface area contributed by atoms with Crippen LogP contribution < -0.4 is 11.1 Å². The zero-order chi connectivity index (χ0) is 15.9. The van der Waals surface area contributed by atoms with Crippen LogP contribution in [-0.4, -0.2) is 42.5 Å². The molecule has 0 saturated heterocycles. The fourth-order valence-electron chi connectivity index (χ4n) is 2.02. The van der Waals surface area contributed by atoms with Crippen molar-refractivity contribution in [2.45, 2.75) is 40.2 Å². The molecule has 1 aromatic rings. The van der Waals surface area contributed by atoms with Gasteiger partial charge in [0.15, 0.2) is 0 Å². The Labute approximate surface area is 127 Å². The van der Waals surface area contributed by atoms with Crippen molar-refractivity contribution in [3.8, 4) is 0 Å². The van der Waals surface area contributed by atoms with Gasteiger partial charge in [-0.2, -0.15) is 5.10 Å². The molecular formula is C15H28N4O2. The molecule has 1 rings (SSSR count). The Kier molecular flexibility index (Phi) is 6.84. The molecule has 3 N–H and O–H groups in total. The number of nitrogens with zero attached hydrogens (tertiary/aromatic N) is 2. The van der Waals surface area contributed by atoms with Crippen molar-refractivity contribution in [2.75, 3.05) is 26.8 Å². The number of carbonyl (C=O) groups excluding carboxylic acids is 1. The second-order valence-electron chi connectivity index (χ2n) is 6.10. The number of methoxy groups -OCH3 is 1. The zero-order valence-corrected chi connectivity index (χ0v) is 13.6. The third kappa shape index (κ3) is 5.47. The zero-order valence-electron chi connectivity index (χ0n) is 13.6. The number of rotatable bonds is 9. The molecule has 0 aromatic carbocycles. The molecule has 6 heteroatoms. The Bertz CT molecular complexity index is 455. The Morgan fingerprint density at radius 3 is 2.86 bits per heavy atom. The SMILES string of the molecule is COCCC(C)(C)CNC(=O)c1cnn(CCCN)c1C. The molecule has 0 aliphatic heterocycles. The lowest BCUT2D eigenvalue weighted by molar-refractivity contribution is 0.0920. The van der Waals surface area contributed by atoms with Crippen LogP contribution in [0.5, 0.6) is 0 Å². The molecule has 0 atom stereocenters. The summed E-state index contributed by atoms with van der Waals surface area (Å²) in [6.45, 7) is 8.81. The molecule has 0 aliphatic rings. The fraction of sp³-hybridized carbons (Fsp3) is 0.733. The predicted molar refractivity (Wildman–Crippen MR) is 83.2 cm³/mol. The van der Waals surface area contributed by atoms with E-state index in [0.29, 0.717) is 25.3 Å². The van der Waals surface area contributed by atoms with E-state index in [2.05, 4.69) is 24.3 Å². The lowest BCUT2D eigenvalue weighted by Gasteiger charge is -2.24. The number of nitrogens with two attached hydrogens (primary N) is 1. The first-order chi connectivity index (χ1) is 9.91. The molecule has 0 fully saturated rings. The minimum atomic E-state index is -0.0722. The second-order valence-corrected chi connectivity index (χ2v) is 6.10. The van der Waals surface area contributed by atoms with Gasteiger partial charge in [-0.3, -0.25) is 9.48 Å². The third-order valence-electron chi connectivity index (χ3n) is 3.63. The Hall–Kier alpha value is -1.40. The van der Waals surface area contributed by atoms with Gasteiger partial charge in [0, 0.05) is 32.5 Å². The Balaban J connectivity index is 2.58. The molecule has 21 heavy (non-hydrogen) atoms. The standard InChI is InChI=1S/C15H28N4O2/c1-12-13(10-18-19(12)8-5-7-16)14(20)17-11-15(2,3)6-9-21-4/h10H,5-9,11,16H2,1-4H3,(H,17,20). The van der Waals surface area contributed by atoms with E-state index in [4.69, 9.17) is 10.5 Å². The molecular weight excluding hydrogens is 268 g/mol. The van der Waals surface area contributed by atoms with E-state index < -0.39 is 0 Å². The maximum absolute atomic E-state index is 12.3. The topological polar surface area (TPSA) is 82.2 Å². The van der Waals surface area contributed by atoms with Gasteiger partial charge in [-0.1, -0.05) is 13.8 Å². The number of hydrogen-bond acceptors (Lipinski definition) is 4. The van der Waals surface area contributed by atoms with Crippen LogP contribution in [0, 0.1) is 12.3 Å². The molecule has 0 aliphatic carbocycles. The molecule has 0 unspecified atom stereocenters. The quantitative estimate of drug-likeness (QED) is 0.720. The summed E-state index contributed by atoms with van der Waals surface area (Å²) in [5.74, 6) is -0.0722. The maximum atomic E-state index is 12.3. The molecule has 0 radical (unpaired) electrons. The van der Waals surface area contributed by atoms with Gasteiger partial charge in [0.2, 0.25) is 0 Å². The van der Waals surface area contributed by atoms with E-state index in [1.54, 1.807) is 13.3 Å². The lowest BCUT2D eigenvalue weighted by Crippen LogP contribution is -2.34. The highest BCUT2D eigenvalue weighted by molar-refractivity contribution is 5.95. The van der Waals surface area contributed by atoms with Gasteiger partial charge in [-0.25, -0.2) is 0 Å². The van der Waals surface area contributed by atoms with Crippen LogP contribution in [0.25, 0.3) is 0 Å². The molecule has 1 amide bonds. The first kappa shape index (κ1) is 17.7. The number of carbonyl (C=O) groups is 1. The van der Waals surface area contributed by atoms with E-state index in [0.717, 1.165) is 25.1 Å². The number of aryl methyl sites for hydroxylation is 1. The highest BCUT2D eigenvalue weighted by Crippen LogP contribution is 2.19. The first-order valence-corrected chi connectivity index (χ1v) is 7.41. The summed E-state index contributed by atoms with van der Waals surface area (Å²) in [7, 11) is 1.69. The van der Waals surface area contributed by atoms with Crippen molar-refractivity contribution in [3.63, 3.8) is 0 Å². The number of hydrogen-bond donors (Lipinski definition) is 2.